The molecule has 0 aromatic carbocycles. The Bertz CT molecular complexity index is 341. The first-order valence-electron chi connectivity index (χ1n) is 6.82. The molecule has 1 heterocycles. The number of hydrogen-bond donors (Lipinski definition) is 0. The molecule has 1 saturated heterocycles. The highest BCUT2D eigenvalue weighted by Gasteiger charge is 2.64. The molecule has 3 unspecified atom stereocenters. The Hall–Kier alpha value is -0.300. The number of hydrogen-bond acceptors (Lipinski definition) is 1. The molecule has 16 heavy (non-hydrogen) atoms. The van der Waals surface area contributed by atoms with Crippen molar-refractivity contribution in [1.82, 2.24) is 0 Å². The molecular formula is C15H24O. The molecule has 0 radical (unpaired) electrons. The maximum atomic E-state index is 6.37. The highest BCUT2D eigenvalue weighted by Crippen LogP contribution is 2.64. The molecule has 2 aliphatic carbocycles. The van der Waals surface area contributed by atoms with Crippen molar-refractivity contribution in [2.45, 2.75) is 65.1 Å². The maximum Gasteiger partial charge on any atom is 0.0828 e. The summed E-state index contributed by atoms with van der Waals surface area (Å²) in [6.07, 6.45) is 8.25. The predicted octanol–water partition coefficient (Wildman–Crippen LogP) is 3.94. The first-order chi connectivity index (χ1) is 7.47. The largest absolute Gasteiger partial charge is 0.367 e. The van der Waals surface area contributed by atoms with E-state index in [2.05, 4.69) is 33.8 Å². The Labute approximate surface area is 99.3 Å². The number of rotatable bonds is 0. The lowest BCUT2D eigenvalue weighted by molar-refractivity contribution is -0.0295. The molecule has 90 valence electrons. The van der Waals surface area contributed by atoms with E-state index < -0.39 is 0 Å². The minimum Gasteiger partial charge on any atom is -0.367 e. The minimum absolute atomic E-state index is 0.0938. The van der Waals surface area contributed by atoms with E-state index in [1.165, 1.54) is 31.3 Å². The van der Waals surface area contributed by atoms with Crippen LogP contribution in [0.5, 0.6) is 0 Å². The topological polar surface area (TPSA) is 9.23 Å². The minimum atomic E-state index is 0.0938. The molecule has 0 amide bonds. The molecule has 1 heteroatoms. The zero-order valence-electron chi connectivity index (χ0n) is 11.0. The van der Waals surface area contributed by atoms with Gasteiger partial charge in [-0.05, 0) is 58.3 Å². The fraction of sp³-hybridized carbons (Fsp3) is 0.867. The highest BCUT2D eigenvalue weighted by atomic mass is 16.5. The summed E-state index contributed by atoms with van der Waals surface area (Å²) >= 11 is 0. The van der Waals surface area contributed by atoms with Crippen molar-refractivity contribution in [3.05, 3.63) is 11.6 Å². The molecule has 0 aromatic heterocycles. The average molecular weight is 220 g/mol. The predicted molar refractivity (Wildman–Crippen MR) is 66.3 cm³/mol. The first-order valence-corrected chi connectivity index (χ1v) is 6.82. The van der Waals surface area contributed by atoms with Crippen LogP contribution < -0.4 is 0 Å². The second kappa shape index (κ2) is 3.13. The maximum absolute atomic E-state index is 6.37. The summed E-state index contributed by atoms with van der Waals surface area (Å²) in [5.74, 6) is 1.62. The molecule has 3 aliphatic rings. The van der Waals surface area contributed by atoms with Crippen LogP contribution in [0.2, 0.25) is 0 Å². The summed E-state index contributed by atoms with van der Waals surface area (Å²) in [7, 11) is 0. The van der Waals surface area contributed by atoms with Crippen LogP contribution in [0.15, 0.2) is 11.6 Å². The summed E-state index contributed by atoms with van der Waals surface area (Å²) in [4.78, 5) is 0. The van der Waals surface area contributed by atoms with Gasteiger partial charge in [-0.3, -0.25) is 0 Å². The van der Waals surface area contributed by atoms with Crippen LogP contribution in [0, 0.1) is 17.3 Å². The average Bonchev–Trinajstić information content (AvgIpc) is 2.61. The van der Waals surface area contributed by atoms with Crippen molar-refractivity contribution >= 4 is 0 Å². The van der Waals surface area contributed by atoms with E-state index >= 15 is 0 Å². The molecule has 4 atom stereocenters. The molecule has 1 saturated carbocycles. The first kappa shape index (κ1) is 10.8. The van der Waals surface area contributed by atoms with Gasteiger partial charge in [0, 0.05) is 5.41 Å². The molecule has 3 rings (SSSR count). The Morgan fingerprint density at radius 3 is 2.81 bits per heavy atom. The van der Waals surface area contributed by atoms with Crippen LogP contribution in [0.1, 0.15) is 53.4 Å². The third-order valence-electron chi connectivity index (χ3n) is 5.64. The van der Waals surface area contributed by atoms with Gasteiger partial charge in [-0.15, -0.1) is 0 Å². The summed E-state index contributed by atoms with van der Waals surface area (Å²) in [6, 6.07) is 0. The molecule has 0 aromatic rings. The number of allylic oxidation sites excluding steroid dienone is 1. The van der Waals surface area contributed by atoms with E-state index in [9.17, 15) is 0 Å². The lowest BCUT2D eigenvalue weighted by Gasteiger charge is -2.40. The molecule has 2 fully saturated rings. The van der Waals surface area contributed by atoms with E-state index in [1.54, 1.807) is 0 Å². The van der Waals surface area contributed by atoms with Gasteiger partial charge in [0.2, 0.25) is 0 Å². The Morgan fingerprint density at radius 2 is 2.06 bits per heavy atom. The second-order valence-corrected chi connectivity index (χ2v) is 6.80. The second-order valence-electron chi connectivity index (χ2n) is 6.80. The highest BCUT2D eigenvalue weighted by molar-refractivity contribution is 5.22. The monoisotopic (exact) mass is 220 g/mol. The Kier molecular flexibility index (Phi) is 2.12. The van der Waals surface area contributed by atoms with Gasteiger partial charge in [-0.25, -0.2) is 0 Å². The van der Waals surface area contributed by atoms with Crippen molar-refractivity contribution in [1.29, 1.82) is 0 Å². The summed E-state index contributed by atoms with van der Waals surface area (Å²) in [5.41, 5.74) is 2.10. The van der Waals surface area contributed by atoms with Crippen LogP contribution >= 0.6 is 0 Å². The van der Waals surface area contributed by atoms with Gasteiger partial charge < -0.3 is 4.74 Å². The summed E-state index contributed by atoms with van der Waals surface area (Å²) < 4.78 is 6.37. The van der Waals surface area contributed by atoms with E-state index in [-0.39, 0.29) is 5.60 Å². The SMILES string of the molecule is CC1=CC2OC(C)(C)C3CC[C@@H](C)C23CC1. The van der Waals surface area contributed by atoms with E-state index in [1.807, 2.05) is 0 Å². The molecule has 1 spiro atoms. The van der Waals surface area contributed by atoms with Crippen molar-refractivity contribution in [2.24, 2.45) is 17.3 Å². The Morgan fingerprint density at radius 1 is 1.31 bits per heavy atom. The molecule has 0 bridgehead atoms. The van der Waals surface area contributed by atoms with Gasteiger partial charge in [0.05, 0.1) is 11.7 Å². The lowest BCUT2D eigenvalue weighted by Crippen LogP contribution is -2.40. The Balaban J connectivity index is 2.07. The van der Waals surface area contributed by atoms with Crippen LogP contribution in [0.4, 0.5) is 0 Å². The van der Waals surface area contributed by atoms with Crippen molar-refractivity contribution < 1.29 is 4.74 Å². The van der Waals surface area contributed by atoms with Gasteiger partial charge in [-0.1, -0.05) is 18.6 Å². The van der Waals surface area contributed by atoms with Crippen LogP contribution in [-0.4, -0.2) is 11.7 Å². The van der Waals surface area contributed by atoms with Crippen molar-refractivity contribution in [3.63, 3.8) is 0 Å². The van der Waals surface area contributed by atoms with Crippen LogP contribution in [0.3, 0.4) is 0 Å². The summed E-state index contributed by atoms with van der Waals surface area (Å²) in [5, 5.41) is 0. The standard InChI is InChI=1S/C15H24O/c1-10-7-8-15-11(2)5-6-12(15)14(3,4)16-13(15)9-10/h9,11-13H,5-8H2,1-4H3/t11-,12?,13?,15?/m1/s1. The molecule has 1 nitrogen and oxygen atoms in total. The van der Waals surface area contributed by atoms with Gasteiger partial charge in [0.1, 0.15) is 0 Å². The smallest absolute Gasteiger partial charge is 0.0828 e. The number of ether oxygens (including phenoxy) is 1. The van der Waals surface area contributed by atoms with Crippen LogP contribution in [0.25, 0.3) is 0 Å². The normalized spacial score (nSPS) is 49.8. The van der Waals surface area contributed by atoms with E-state index in [0.717, 1.165) is 11.8 Å². The summed E-state index contributed by atoms with van der Waals surface area (Å²) in [6.45, 7) is 9.32. The fourth-order valence-corrected chi connectivity index (χ4v) is 4.80. The van der Waals surface area contributed by atoms with Gasteiger partial charge in [0.15, 0.2) is 0 Å². The van der Waals surface area contributed by atoms with E-state index in [0.29, 0.717) is 11.5 Å². The van der Waals surface area contributed by atoms with Crippen molar-refractivity contribution in [2.75, 3.05) is 0 Å². The molecular weight excluding hydrogens is 196 g/mol. The molecule has 1 aliphatic heterocycles. The lowest BCUT2D eigenvalue weighted by atomic mass is 9.62. The van der Waals surface area contributed by atoms with Crippen molar-refractivity contribution in [3.8, 4) is 0 Å². The fourth-order valence-electron chi connectivity index (χ4n) is 4.80. The quantitative estimate of drug-likeness (QED) is 0.562. The van der Waals surface area contributed by atoms with Gasteiger partial charge in [0.25, 0.3) is 0 Å². The van der Waals surface area contributed by atoms with E-state index in [4.69, 9.17) is 4.74 Å². The third-order valence-corrected chi connectivity index (χ3v) is 5.64. The van der Waals surface area contributed by atoms with Gasteiger partial charge in [-0.2, -0.15) is 0 Å². The molecule has 0 N–H and O–H groups in total. The third kappa shape index (κ3) is 1.16. The van der Waals surface area contributed by atoms with Gasteiger partial charge >= 0.3 is 0 Å². The zero-order valence-corrected chi connectivity index (χ0v) is 11.0. The zero-order chi connectivity index (χ0) is 11.6. The van der Waals surface area contributed by atoms with Crippen LogP contribution in [-0.2, 0) is 4.74 Å².